The van der Waals surface area contributed by atoms with Gasteiger partial charge in [0.05, 0.1) is 11.7 Å². The van der Waals surface area contributed by atoms with E-state index in [4.69, 9.17) is 0 Å². The highest BCUT2D eigenvalue weighted by Gasteiger charge is 2.42. The molecule has 2 heterocycles. The van der Waals surface area contributed by atoms with Crippen molar-refractivity contribution in [1.29, 1.82) is 0 Å². The van der Waals surface area contributed by atoms with Crippen molar-refractivity contribution < 1.29 is 8.42 Å². The normalized spacial score (nSPS) is 25.2. The van der Waals surface area contributed by atoms with Crippen molar-refractivity contribution in [2.45, 2.75) is 30.9 Å². The SMILES string of the molecule is CC1(S(=O)(=O)n2ncc3ccccc32)C=CC=C(C2CCNCC2)C1. The van der Waals surface area contributed by atoms with E-state index >= 15 is 0 Å². The quantitative estimate of drug-likeness (QED) is 0.917. The van der Waals surface area contributed by atoms with E-state index in [2.05, 4.69) is 16.5 Å². The molecule has 1 saturated heterocycles. The number of nitrogens with zero attached hydrogens (tertiary/aromatic N) is 2. The Hall–Kier alpha value is -1.92. The first-order chi connectivity index (χ1) is 12.0. The summed E-state index contributed by atoms with van der Waals surface area (Å²) >= 11 is 0. The second-order valence-corrected chi connectivity index (χ2v) is 9.39. The smallest absolute Gasteiger partial charge is 0.263 e. The van der Waals surface area contributed by atoms with E-state index in [0.29, 0.717) is 17.9 Å². The standard InChI is InChI=1S/C19H23N3O2S/c1-19(10-4-6-16(13-19)15-8-11-20-12-9-15)25(23,24)22-18-7-3-2-5-17(18)14-21-22/h2-7,10,14-15,20H,8-9,11-13H2,1H3. The molecule has 5 nitrogen and oxygen atoms in total. The minimum Gasteiger partial charge on any atom is -0.317 e. The van der Waals surface area contributed by atoms with E-state index in [1.165, 1.54) is 9.66 Å². The zero-order chi connectivity index (χ0) is 17.5. The minimum absolute atomic E-state index is 0.468. The summed E-state index contributed by atoms with van der Waals surface area (Å²) in [4.78, 5) is 0. The molecular formula is C19H23N3O2S. The van der Waals surface area contributed by atoms with Crippen LogP contribution >= 0.6 is 0 Å². The van der Waals surface area contributed by atoms with Crippen LogP contribution in [0.15, 0.2) is 54.3 Å². The lowest BCUT2D eigenvalue weighted by Gasteiger charge is -2.34. The molecule has 1 fully saturated rings. The van der Waals surface area contributed by atoms with Crippen LogP contribution in [0.2, 0.25) is 0 Å². The van der Waals surface area contributed by atoms with Gasteiger partial charge in [-0.25, -0.2) is 8.42 Å². The molecule has 2 aromatic rings. The van der Waals surface area contributed by atoms with Gasteiger partial charge >= 0.3 is 0 Å². The van der Waals surface area contributed by atoms with Gasteiger partial charge in [-0.1, -0.05) is 42.0 Å². The maximum atomic E-state index is 13.4. The first-order valence-electron chi connectivity index (χ1n) is 8.78. The molecule has 1 atom stereocenters. The summed E-state index contributed by atoms with van der Waals surface area (Å²) in [6.45, 7) is 3.81. The molecule has 2 aliphatic rings. The topological polar surface area (TPSA) is 64.0 Å². The van der Waals surface area contributed by atoms with Crippen LogP contribution in [0.1, 0.15) is 26.2 Å². The lowest BCUT2D eigenvalue weighted by molar-refractivity contribution is 0.403. The van der Waals surface area contributed by atoms with Gasteiger partial charge in [-0.3, -0.25) is 0 Å². The van der Waals surface area contributed by atoms with Gasteiger partial charge in [-0.05, 0) is 51.3 Å². The summed E-state index contributed by atoms with van der Waals surface area (Å²) in [7, 11) is -3.65. The molecule has 132 valence electrons. The Balaban J connectivity index is 1.70. The van der Waals surface area contributed by atoms with Crippen molar-refractivity contribution in [3.05, 3.63) is 54.3 Å². The van der Waals surface area contributed by atoms with Crippen LogP contribution in [0, 0.1) is 5.92 Å². The Bertz CT molecular complexity index is 952. The number of piperidine rings is 1. The van der Waals surface area contributed by atoms with Gasteiger partial charge in [-0.2, -0.15) is 9.19 Å². The van der Waals surface area contributed by atoms with Crippen molar-refractivity contribution in [3.8, 4) is 0 Å². The average Bonchev–Trinajstić information content (AvgIpc) is 3.07. The Morgan fingerprint density at radius 2 is 2.00 bits per heavy atom. The lowest BCUT2D eigenvalue weighted by Crippen LogP contribution is -2.41. The monoisotopic (exact) mass is 357 g/mol. The Kier molecular flexibility index (Phi) is 4.04. The first kappa shape index (κ1) is 16.5. The van der Waals surface area contributed by atoms with Gasteiger partial charge < -0.3 is 5.32 Å². The van der Waals surface area contributed by atoms with E-state index in [0.717, 1.165) is 31.3 Å². The Labute approximate surface area is 148 Å². The Morgan fingerprint density at radius 1 is 1.24 bits per heavy atom. The maximum absolute atomic E-state index is 13.4. The number of nitrogens with one attached hydrogen (secondary N) is 1. The van der Waals surface area contributed by atoms with Gasteiger partial charge in [0.2, 0.25) is 0 Å². The van der Waals surface area contributed by atoms with Crippen molar-refractivity contribution in [2.75, 3.05) is 13.1 Å². The fourth-order valence-corrected chi connectivity index (χ4v) is 5.48. The fraction of sp³-hybridized carbons (Fsp3) is 0.421. The number of rotatable bonds is 3. The van der Waals surface area contributed by atoms with E-state index in [9.17, 15) is 8.42 Å². The third-order valence-electron chi connectivity index (χ3n) is 5.44. The lowest BCUT2D eigenvalue weighted by atomic mass is 9.82. The highest BCUT2D eigenvalue weighted by molar-refractivity contribution is 7.91. The van der Waals surface area contributed by atoms with Crippen LogP contribution in [-0.4, -0.2) is 35.4 Å². The van der Waals surface area contributed by atoms with Crippen LogP contribution in [0.5, 0.6) is 0 Å². The average molecular weight is 357 g/mol. The number of aromatic nitrogens is 2. The van der Waals surface area contributed by atoms with Crippen LogP contribution in [-0.2, 0) is 10.0 Å². The second kappa shape index (κ2) is 6.11. The van der Waals surface area contributed by atoms with E-state index in [1.807, 2.05) is 37.3 Å². The number of hydrogen-bond donors (Lipinski definition) is 1. The fourth-order valence-electron chi connectivity index (χ4n) is 3.89. The molecule has 1 unspecified atom stereocenters. The van der Waals surface area contributed by atoms with Crippen molar-refractivity contribution in [1.82, 2.24) is 14.5 Å². The molecule has 0 amide bonds. The summed E-state index contributed by atoms with van der Waals surface area (Å²) in [6.07, 6.45) is 10.1. The molecule has 6 heteroatoms. The Morgan fingerprint density at radius 3 is 2.80 bits per heavy atom. The number of fused-ring (bicyclic) bond motifs is 1. The predicted octanol–water partition coefficient (Wildman–Crippen LogP) is 2.86. The van der Waals surface area contributed by atoms with Gasteiger partial charge in [0.1, 0.15) is 4.75 Å². The molecule has 4 rings (SSSR count). The molecular weight excluding hydrogens is 334 g/mol. The van der Waals surface area contributed by atoms with Gasteiger partial charge in [-0.15, -0.1) is 0 Å². The third kappa shape index (κ3) is 2.73. The largest absolute Gasteiger partial charge is 0.317 e. The molecule has 0 bridgehead atoms. The molecule has 1 aromatic carbocycles. The van der Waals surface area contributed by atoms with Crippen molar-refractivity contribution >= 4 is 20.9 Å². The summed E-state index contributed by atoms with van der Waals surface area (Å²) in [6, 6.07) is 7.42. The summed E-state index contributed by atoms with van der Waals surface area (Å²) in [5, 5.41) is 8.40. The van der Waals surface area contributed by atoms with Crippen LogP contribution in [0.4, 0.5) is 0 Å². The molecule has 0 saturated carbocycles. The zero-order valence-corrected chi connectivity index (χ0v) is 15.2. The predicted molar refractivity (Wildman–Crippen MR) is 99.9 cm³/mol. The molecule has 0 radical (unpaired) electrons. The molecule has 0 spiro atoms. The summed E-state index contributed by atoms with van der Waals surface area (Å²) in [5.41, 5.74) is 1.88. The molecule has 1 aliphatic heterocycles. The second-order valence-electron chi connectivity index (χ2n) is 7.17. The highest BCUT2D eigenvalue weighted by Crippen LogP contribution is 2.37. The van der Waals surface area contributed by atoms with E-state index in [1.54, 1.807) is 12.3 Å². The number of benzene rings is 1. The maximum Gasteiger partial charge on any atom is 0.263 e. The molecule has 1 N–H and O–H groups in total. The molecule has 1 aromatic heterocycles. The first-order valence-corrected chi connectivity index (χ1v) is 10.2. The molecule has 25 heavy (non-hydrogen) atoms. The number of para-hydroxylation sites is 1. The van der Waals surface area contributed by atoms with Gasteiger partial charge in [0.15, 0.2) is 0 Å². The van der Waals surface area contributed by atoms with Gasteiger partial charge in [0.25, 0.3) is 10.0 Å². The van der Waals surface area contributed by atoms with Crippen molar-refractivity contribution in [2.24, 2.45) is 5.92 Å². The molecule has 1 aliphatic carbocycles. The minimum atomic E-state index is -3.65. The zero-order valence-electron chi connectivity index (χ0n) is 14.4. The van der Waals surface area contributed by atoms with Gasteiger partial charge in [0, 0.05) is 5.39 Å². The van der Waals surface area contributed by atoms with E-state index in [-0.39, 0.29) is 0 Å². The summed E-state index contributed by atoms with van der Waals surface area (Å²) < 4.78 is 27.1. The summed E-state index contributed by atoms with van der Waals surface area (Å²) in [5.74, 6) is 0.468. The number of allylic oxidation sites excluding steroid dienone is 3. The third-order valence-corrected chi connectivity index (χ3v) is 7.64. The van der Waals surface area contributed by atoms with Crippen LogP contribution in [0.3, 0.4) is 0 Å². The number of hydrogen-bond acceptors (Lipinski definition) is 4. The van der Waals surface area contributed by atoms with Crippen LogP contribution < -0.4 is 5.32 Å². The highest BCUT2D eigenvalue weighted by atomic mass is 32.2. The van der Waals surface area contributed by atoms with E-state index < -0.39 is 14.8 Å². The van der Waals surface area contributed by atoms with Crippen LogP contribution in [0.25, 0.3) is 10.9 Å². The van der Waals surface area contributed by atoms with Crippen molar-refractivity contribution in [3.63, 3.8) is 0 Å².